The van der Waals surface area contributed by atoms with E-state index in [4.69, 9.17) is 0 Å². The normalized spacial score (nSPS) is 16.7. The van der Waals surface area contributed by atoms with Gasteiger partial charge in [-0.05, 0) is 110 Å². The van der Waals surface area contributed by atoms with Crippen molar-refractivity contribution in [2.45, 2.75) is 91.8 Å². The van der Waals surface area contributed by atoms with Crippen molar-refractivity contribution >= 4 is 11.8 Å². The lowest BCUT2D eigenvalue weighted by Crippen LogP contribution is -2.32. The van der Waals surface area contributed by atoms with Gasteiger partial charge in [0.2, 0.25) is 0 Å². The Kier molecular flexibility index (Phi) is 11.1. The molecule has 2 aromatic carbocycles. The molecular formula is C37H46F2N2O4. The van der Waals surface area contributed by atoms with Gasteiger partial charge < -0.3 is 14.6 Å². The second kappa shape index (κ2) is 14.6. The second-order valence-electron chi connectivity index (χ2n) is 13.2. The fourth-order valence-corrected chi connectivity index (χ4v) is 6.69. The van der Waals surface area contributed by atoms with Crippen LogP contribution in [0.15, 0.2) is 47.4 Å². The van der Waals surface area contributed by atoms with E-state index in [1.807, 2.05) is 52.8 Å². The van der Waals surface area contributed by atoms with E-state index in [1.165, 1.54) is 10.6 Å². The lowest BCUT2D eigenvalue weighted by Gasteiger charge is -2.25. The summed E-state index contributed by atoms with van der Waals surface area (Å²) < 4.78 is 31.0. The number of aryl methyl sites for hydroxylation is 4. The predicted octanol–water partition coefficient (Wildman–Crippen LogP) is 7.28. The van der Waals surface area contributed by atoms with Crippen LogP contribution in [0.3, 0.4) is 0 Å². The smallest absolute Gasteiger partial charge is 0.303 e. The average Bonchev–Trinajstić information content (AvgIpc) is 3.37. The Hall–Kier alpha value is -3.65. The molecule has 0 spiro atoms. The molecule has 1 aliphatic rings. The Labute approximate surface area is 265 Å². The van der Waals surface area contributed by atoms with E-state index in [0.717, 1.165) is 33.4 Å². The number of carboxylic acids is 1. The molecule has 1 aliphatic heterocycles. The minimum atomic E-state index is -1.13. The summed E-state index contributed by atoms with van der Waals surface area (Å²) in [7, 11) is 0. The van der Waals surface area contributed by atoms with Crippen molar-refractivity contribution in [3.05, 3.63) is 92.1 Å². The first-order valence-electron chi connectivity index (χ1n) is 15.9. The van der Waals surface area contributed by atoms with Crippen LogP contribution in [-0.4, -0.2) is 52.1 Å². The Balaban J connectivity index is 1.70. The van der Waals surface area contributed by atoms with Crippen molar-refractivity contribution in [2.75, 3.05) is 19.6 Å². The molecule has 242 valence electrons. The number of nitrogens with zero attached hydrogens (tertiary/aromatic N) is 2. The third-order valence-corrected chi connectivity index (χ3v) is 9.07. The predicted molar refractivity (Wildman–Crippen MR) is 174 cm³/mol. The van der Waals surface area contributed by atoms with Crippen LogP contribution >= 0.6 is 0 Å². The first-order chi connectivity index (χ1) is 21.2. The van der Waals surface area contributed by atoms with Gasteiger partial charge in [0.1, 0.15) is 12.0 Å². The summed E-state index contributed by atoms with van der Waals surface area (Å²) >= 11 is 0. The molecule has 0 radical (unpaired) electrons. The average molecular weight is 621 g/mol. The maximum Gasteiger partial charge on any atom is 0.303 e. The fourth-order valence-electron chi connectivity index (χ4n) is 6.69. The molecule has 4 rings (SSSR count). The SMILES string of the molecule is Cc1cc(=O)n(C(CC(C)C)C(=O)C[C@@H](CC(=O)O)c2cc(-c3c(C)cccc3C)cc(C)c2F)cc1CCN1CC[C@@H](F)C1. The van der Waals surface area contributed by atoms with E-state index < -0.39 is 36.3 Å². The summed E-state index contributed by atoms with van der Waals surface area (Å²) in [4.78, 5) is 41.6. The van der Waals surface area contributed by atoms with Crippen LogP contribution in [0.4, 0.5) is 8.78 Å². The van der Waals surface area contributed by atoms with Crippen LogP contribution in [0.2, 0.25) is 0 Å². The summed E-state index contributed by atoms with van der Waals surface area (Å²) in [5, 5.41) is 9.85. The minimum absolute atomic E-state index is 0.0611. The number of aromatic nitrogens is 1. The maximum atomic E-state index is 15.8. The molecule has 0 bridgehead atoms. The molecule has 0 aliphatic carbocycles. The number of hydrogen-bond donors (Lipinski definition) is 1. The van der Waals surface area contributed by atoms with Gasteiger partial charge in [0.25, 0.3) is 5.56 Å². The van der Waals surface area contributed by atoms with E-state index in [0.29, 0.717) is 44.5 Å². The van der Waals surface area contributed by atoms with Crippen LogP contribution in [0.1, 0.15) is 84.9 Å². The fraction of sp³-hybridized carbons (Fsp3) is 0.486. The van der Waals surface area contributed by atoms with E-state index in [1.54, 1.807) is 25.3 Å². The van der Waals surface area contributed by atoms with Crippen molar-refractivity contribution < 1.29 is 23.5 Å². The number of carbonyl (C=O) groups is 2. The molecule has 6 nitrogen and oxygen atoms in total. The lowest BCUT2D eigenvalue weighted by atomic mass is 9.84. The lowest BCUT2D eigenvalue weighted by molar-refractivity contribution is -0.137. The number of benzene rings is 2. The van der Waals surface area contributed by atoms with E-state index in [2.05, 4.69) is 4.90 Å². The molecule has 1 aromatic heterocycles. The quantitative estimate of drug-likeness (QED) is 0.217. The number of ketones is 1. The zero-order valence-electron chi connectivity index (χ0n) is 27.3. The van der Waals surface area contributed by atoms with Gasteiger partial charge in [0, 0.05) is 44.2 Å². The van der Waals surface area contributed by atoms with Gasteiger partial charge in [-0.2, -0.15) is 0 Å². The number of rotatable bonds is 13. The van der Waals surface area contributed by atoms with Gasteiger partial charge in [0.05, 0.1) is 12.5 Å². The highest BCUT2D eigenvalue weighted by Crippen LogP contribution is 2.36. The van der Waals surface area contributed by atoms with E-state index >= 15 is 4.39 Å². The number of Topliss-reactive ketones (excluding diaryl/α,β-unsaturated/α-hetero) is 1. The Morgan fingerprint density at radius 3 is 2.29 bits per heavy atom. The molecular weight excluding hydrogens is 574 g/mol. The molecule has 3 atom stereocenters. The second-order valence-corrected chi connectivity index (χ2v) is 13.2. The summed E-state index contributed by atoms with van der Waals surface area (Å²) in [6.45, 7) is 13.1. The molecule has 1 fully saturated rings. The molecule has 1 N–H and O–H groups in total. The third-order valence-electron chi connectivity index (χ3n) is 9.07. The molecule has 2 heterocycles. The molecule has 1 saturated heterocycles. The number of pyridine rings is 1. The van der Waals surface area contributed by atoms with E-state index in [-0.39, 0.29) is 29.2 Å². The van der Waals surface area contributed by atoms with Crippen LogP contribution in [-0.2, 0) is 16.0 Å². The largest absolute Gasteiger partial charge is 0.481 e. The van der Waals surface area contributed by atoms with Gasteiger partial charge in [0.15, 0.2) is 5.78 Å². The summed E-state index contributed by atoms with van der Waals surface area (Å²) in [6, 6.07) is 10.1. The van der Waals surface area contributed by atoms with Crippen molar-refractivity contribution in [2.24, 2.45) is 5.92 Å². The van der Waals surface area contributed by atoms with Crippen molar-refractivity contribution in [1.82, 2.24) is 9.47 Å². The van der Waals surface area contributed by atoms with E-state index in [9.17, 15) is 23.9 Å². The highest BCUT2D eigenvalue weighted by molar-refractivity contribution is 5.84. The number of halogens is 2. The molecule has 0 amide bonds. The topological polar surface area (TPSA) is 79.6 Å². The molecule has 8 heteroatoms. The number of alkyl halides is 1. The Morgan fingerprint density at radius 1 is 1.00 bits per heavy atom. The highest BCUT2D eigenvalue weighted by atomic mass is 19.1. The van der Waals surface area contributed by atoms with Gasteiger partial charge in [-0.3, -0.25) is 14.4 Å². The zero-order valence-corrected chi connectivity index (χ0v) is 27.3. The monoisotopic (exact) mass is 620 g/mol. The number of likely N-dealkylation sites (tertiary alicyclic amines) is 1. The molecule has 3 aromatic rings. The minimum Gasteiger partial charge on any atom is -0.481 e. The number of aliphatic carboxylic acids is 1. The first-order valence-corrected chi connectivity index (χ1v) is 15.9. The molecule has 0 saturated carbocycles. The maximum absolute atomic E-state index is 15.8. The van der Waals surface area contributed by atoms with Crippen molar-refractivity contribution in [3.63, 3.8) is 0 Å². The Bertz CT molecular complexity index is 1590. The summed E-state index contributed by atoms with van der Waals surface area (Å²) in [5.74, 6) is -2.81. The van der Waals surface area contributed by atoms with Crippen molar-refractivity contribution in [1.29, 1.82) is 0 Å². The number of carbonyl (C=O) groups excluding carboxylic acids is 1. The molecule has 45 heavy (non-hydrogen) atoms. The zero-order chi connectivity index (χ0) is 33.0. The standard InChI is InChI=1S/C37H46F2N2O4/c1-22(2)14-32(41-20-27(25(5)16-34(41)43)10-12-40-13-11-30(38)21-40)33(42)18-28(19-35(44)45)31-17-29(15-26(6)37(31)39)36-23(3)8-7-9-24(36)4/h7-9,15-17,20,22,28,30,32H,10-14,18-19,21H2,1-6H3,(H,44,45)/t28-,30+,32?/m0/s1. The van der Waals surface area contributed by atoms with Crippen molar-refractivity contribution in [3.8, 4) is 11.1 Å². The third kappa shape index (κ3) is 8.34. The van der Waals surface area contributed by atoms with Gasteiger partial charge >= 0.3 is 5.97 Å². The number of carboxylic acid groups (broad SMARTS) is 1. The van der Waals surface area contributed by atoms with Crippen LogP contribution in [0.5, 0.6) is 0 Å². The van der Waals surface area contributed by atoms with Gasteiger partial charge in [-0.1, -0.05) is 32.0 Å². The first kappa shape index (κ1) is 34.2. The summed E-state index contributed by atoms with van der Waals surface area (Å²) in [6.07, 6.45) is 1.78. The van der Waals surface area contributed by atoms with Crippen LogP contribution in [0.25, 0.3) is 11.1 Å². The van der Waals surface area contributed by atoms with Crippen LogP contribution in [0, 0.1) is 39.4 Å². The van der Waals surface area contributed by atoms with Crippen LogP contribution < -0.4 is 5.56 Å². The summed E-state index contributed by atoms with van der Waals surface area (Å²) in [5.41, 5.74) is 5.73. The highest BCUT2D eigenvalue weighted by Gasteiger charge is 2.30. The Morgan fingerprint density at radius 2 is 1.69 bits per heavy atom. The number of hydrogen-bond acceptors (Lipinski definition) is 4. The molecule has 1 unspecified atom stereocenters. The van der Waals surface area contributed by atoms with Gasteiger partial charge in [-0.25, -0.2) is 8.78 Å². The van der Waals surface area contributed by atoms with Gasteiger partial charge in [-0.15, -0.1) is 0 Å².